The number of phenols is 2. The van der Waals surface area contributed by atoms with E-state index in [-0.39, 0.29) is 46.5 Å². The monoisotopic (exact) mass is 152 g/mol. The molecule has 0 atom stereocenters. The predicted molar refractivity (Wildman–Crippen MR) is 40.5 cm³/mol. The third kappa shape index (κ3) is 3.74. The van der Waals surface area contributed by atoms with Crippen LogP contribution in [0.3, 0.4) is 0 Å². The van der Waals surface area contributed by atoms with Gasteiger partial charge in [-0.05, 0) is 24.3 Å². The van der Waals surface area contributed by atoms with Crippen LogP contribution in [0, 0.1) is 0 Å². The minimum absolute atomic E-state index is 0. The van der Waals surface area contributed by atoms with Crippen molar-refractivity contribution in [2.45, 2.75) is 0 Å². The molecule has 0 aliphatic carbocycles. The Morgan fingerprint density at radius 1 is 0.800 bits per heavy atom. The predicted octanol–water partition coefficient (Wildman–Crippen LogP) is -0.375. The molecule has 0 saturated heterocycles. The van der Waals surface area contributed by atoms with Gasteiger partial charge in [0.25, 0.3) is 0 Å². The van der Waals surface area contributed by atoms with Crippen LogP contribution >= 0.6 is 0 Å². The number of rotatable bonds is 0. The molecule has 1 aromatic rings. The van der Waals surface area contributed by atoms with E-state index in [0.717, 1.165) is 0 Å². The average molecular weight is 152 g/mol. The molecule has 0 amide bonds. The third-order valence-electron chi connectivity index (χ3n) is 0.850. The Balaban J connectivity index is 0. The normalized spacial score (nSPS) is 7.20. The Kier molecular flexibility index (Phi) is 6.92. The van der Waals surface area contributed by atoms with Crippen LogP contribution < -0.4 is 0 Å². The average Bonchev–Trinajstić information content (AvgIpc) is 1.77. The third-order valence-corrected chi connectivity index (χ3v) is 0.850. The van der Waals surface area contributed by atoms with Crippen molar-refractivity contribution in [3.8, 4) is 11.5 Å². The van der Waals surface area contributed by atoms with Gasteiger partial charge in [-0.1, -0.05) is 0 Å². The van der Waals surface area contributed by atoms with Crippen molar-refractivity contribution in [3.63, 3.8) is 0 Å². The van der Waals surface area contributed by atoms with Crippen LogP contribution in [-0.2, 0) is 0 Å². The van der Waals surface area contributed by atoms with Gasteiger partial charge < -0.3 is 15.7 Å². The number of hydrogen-bond acceptors (Lipinski definition) is 2. The van der Waals surface area contributed by atoms with Crippen molar-refractivity contribution < 1.29 is 15.7 Å². The summed E-state index contributed by atoms with van der Waals surface area (Å²) in [5, 5.41) is 17.3. The Labute approximate surface area is 80.9 Å². The van der Waals surface area contributed by atoms with E-state index in [1.54, 1.807) is 0 Å². The first-order valence-corrected chi connectivity index (χ1v) is 2.27. The maximum atomic E-state index is 8.65. The molecule has 0 bridgehead atoms. The van der Waals surface area contributed by atoms with Crippen LogP contribution in [0.15, 0.2) is 24.3 Å². The van der Waals surface area contributed by atoms with Crippen LogP contribution in [0.2, 0.25) is 0 Å². The molecule has 0 radical (unpaired) electrons. The van der Waals surface area contributed by atoms with E-state index in [1.807, 2.05) is 0 Å². The summed E-state index contributed by atoms with van der Waals surface area (Å²) in [7, 11) is 0. The van der Waals surface area contributed by atoms with Gasteiger partial charge in [0.1, 0.15) is 11.5 Å². The summed E-state index contributed by atoms with van der Waals surface area (Å²) in [5.41, 5.74) is 0. The van der Waals surface area contributed by atoms with Gasteiger partial charge in [0, 0.05) is 0 Å². The summed E-state index contributed by atoms with van der Waals surface area (Å²) in [6.45, 7) is 0. The second-order valence-corrected chi connectivity index (χ2v) is 1.52. The Morgan fingerprint density at radius 3 is 1.20 bits per heavy atom. The topological polar surface area (TPSA) is 72.0 Å². The molecule has 4 heteroatoms. The van der Waals surface area contributed by atoms with Crippen molar-refractivity contribution in [2.24, 2.45) is 0 Å². The first-order chi connectivity index (χ1) is 3.79. The van der Waals surface area contributed by atoms with Crippen molar-refractivity contribution >= 4 is 29.6 Å². The zero-order valence-electron chi connectivity index (χ0n) is 4.70. The number of benzene rings is 1. The molecule has 1 aromatic carbocycles. The van der Waals surface area contributed by atoms with Crippen LogP contribution in [0.4, 0.5) is 0 Å². The second-order valence-electron chi connectivity index (χ2n) is 1.52. The van der Waals surface area contributed by atoms with Gasteiger partial charge >= 0.3 is 29.6 Å². The zero-order valence-corrected chi connectivity index (χ0v) is 4.70. The molecule has 0 unspecified atom stereocenters. The molecule has 1 rings (SSSR count). The zero-order chi connectivity index (χ0) is 5.98. The second kappa shape index (κ2) is 5.56. The summed E-state index contributed by atoms with van der Waals surface area (Å²) in [4.78, 5) is 0. The minimum atomic E-state index is 0. The van der Waals surface area contributed by atoms with Gasteiger partial charge in [-0.15, -0.1) is 0 Å². The fourth-order valence-corrected chi connectivity index (χ4v) is 0.453. The van der Waals surface area contributed by atoms with Gasteiger partial charge in [0.05, 0.1) is 0 Å². The standard InChI is InChI=1S/C6H6O2.Na.H2O.H/c7-5-1-2-6(8)4-3-5;;;/h1-4,7-8H;;1H2;. The summed E-state index contributed by atoms with van der Waals surface area (Å²) in [6.07, 6.45) is 0. The molecule has 0 heterocycles. The first-order valence-electron chi connectivity index (χ1n) is 2.27. The summed E-state index contributed by atoms with van der Waals surface area (Å²) in [5.74, 6) is 0.339. The van der Waals surface area contributed by atoms with Crippen LogP contribution in [0.5, 0.6) is 11.5 Å². The van der Waals surface area contributed by atoms with Gasteiger partial charge in [-0.25, -0.2) is 0 Å². The van der Waals surface area contributed by atoms with E-state index in [2.05, 4.69) is 0 Å². The maximum absolute atomic E-state index is 8.65. The molecule has 0 saturated carbocycles. The van der Waals surface area contributed by atoms with Crippen molar-refractivity contribution in [1.29, 1.82) is 0 Å². The van der Waals surface area contributed by atoms with Gasteiger partial charge in [-0.3, -0.25) is 0 Å². The van der Waals surface area contributed by atoms with Crippen LogP contribution in [0.1, 0.15) is 0 Å². The van der Waals surface area contributed by atoms with Gasteiger partial charge in [0.15, 0.2) is 0 Å². The van der Waals surface area contributed by atoms with Crippen molar-refractivity contribution in [1.82, 2.24) is 0 Å². The van der Waals surface area contributed by atoms with Crippen LogP contribution in [-0.4, -0.2) is 45.2 Å². The number of hydrogen-bond donors (Lipinski definition) is 2. The molecule has 0 aliphatic rings. The van der Waals surface area contributed by atoms with Crippen LogP contribution in [0.25, 0.3) is 0 Å². The molecule has 10 heavy (non-hydrogen) atoms. The molecule has 0 aliphatic heterocycles. The van der Waals surface area contributed by atoms with E-state index in [4.69, 9.17) is 10.2 Å². The van der Waals surface area contributed by atoms with E-state index >= 15 is 0 Å². The molecule has 0 fully saturated rings. The Hall–Kier alpha value is -0.220. The summed E-state index contributed by atoms with van der Waals surface area (Å²) >= 11 is 0. The number of aromatic hydroxyl groups is 2. The molecule has 0 aromatic heterocycles. The molecule has 52 valence electrons. The molecule has 3 nitrogen and oxygen atoms in total. The van der Waals surface area contributed by atoms with E-state index in [1.165, 1.54) is 24.3 Å². The molecule has 0 spiro atoms. The Bertz CT molecular complexity index is 152. The van der Waals surface area contributed by atoms with E-state index < -0.39 is 0 Å². The van der Waals surface area contributed by atoms with E-state index in [9.17, 15) is 0 Å². The summed E-state index contributed by atoms with van der Waals surface area (Å²) < 4.78 is 0. The number of phenolic OH excluding ortho intramolecular Hbond substituents is 2. The van der Waals surface area contributed by atoms with Gasteiger partial charge in [-0.2, -0.15) is 0 Å². The fraction of sp³-hybridized carbons (Fsp3) is 0. The first kappa shape index (κ1) is 12.5. The van der Waals surface area contributed by atoms with Crippen molar-refractivity contribution in [3.05, 3.63) is 24.3 Å². The summed E-state index contributed by atoms with van der Waals surface area (Å²) in [6, 6.07) is 5.70. The molecule has 4 N–H and O–H groups in total. The molecular formula is C6H9NaO3. The van der Waals surface area contributed by atoms with Crippen molar-refractivity contribution in [2.75, 3.05) is 0 Å². The Morgan fingerprint density at radius 2 is 1.00 bits per heavy atom. The quantitative estimate of drug-likeness (QED) is 0.393. The fourth-order valence-electron chi connectivity index (χ4n) is 0.453. The molecular weight excluding hydrogens is 143 g/mol. The SMILES string of the molecule is O.Oc1ccc(O)cc1.[NaH]. The van der Waals surface area contributed by atoms with Gasteiger partial charge in [0.2, 0.25) is 0 Å². The van der Waals surface area contributed by atoms with E-state index in [0.29, 0.717) is 0 Å².